The molecule has 2 rings (SSSR count). The summed E-state index contributed by atoms with van der Waals surface area (Å²) in [5.74, 6) is 0.606. The molecule has 2 aromatic carbocycles. The average Bonchev–Trinajstić information content (AvgIpc) is 2.30. The second kappa shape index (κ2) is 6.95. The van der Waals surface area contributed by atoms with Gasteiger partial charge >= 0.3 is 0 Å². The molecule has 0 aromatic heterocycles. The van der Waals surface area contributed by atoms with Crippen molar-refractivity contribution in [1.82, 2.24) is 0 Å². The third-order valence-corrected chi connectivity index (χ3v) is 2.68. The van der Waals surface area contributed by atoms with Gasteiger partial charge in [0.25, 0.3) is 0 Å². The normalized spacial score (nSPS) is 9.35. The topological polar surface area (TPSA) is 0 Å². The van der Waals surface area contributed by atoms with Crippen LogP contribution in [0, 0.1) is 0 Å². The molecule has 0 atom stereocenters. The van der Waals surface area contributed by atoms with Crippen LogP contribution in [0.15, 0.2) is 54.6 Å². The maximum atomic E-state index is 2.22. The number of hydrogen-bond donors (Lipinski definition) is 0. The molecule has 1 heteroatoms. The van der Waals surface area contributed by atoms with Crippen molar-refractivity contribution in [2.24, 2.45) is 0 Å². The van der Waals surface area contributed by atoms with E-state index in [2.05, 4.69) is 62.4 Å². The van der Waals surface area contributed by atoms with Gasteiger partial charge in [-0.25, -0.2) is 0 Å². The fourth-order valence-corrected chi connectivity index (χ4v) is 1.69. The molecule has 0 unspecified atom stereocenters. The van der Waals surface area contributed by atoms with Crippen molar-refractivity contribution in [3.05, 3.63) is 60.2 Å². The molecule has 0 bridgehead atoms. The lowest BCUT2D eigenvalue weighted by Gasteiger charge is -2.06. The fourth-order valence-electron chi connectivity index (χ4n) is 1.69. The Bertz CT molecular complexity index is 415. The van der Waals surface area contributed by atoms with E-state index in [0.29, 0.717) is 5.92 Å². The molecule has 0 N–H and O–H groups in total. The van der Waals surface area contributed by atoms with Crippen LogP contribution in [0.1, 0.15) is 32.8 Å². The van der Waals surface area contributed by atoms with E-state index in [1.807, 2.05) is 6.07 Å². The first-order valence-corrected chi connectivity index (χ1v) is 5.43. The van der Waals surface area contributed by atoms with Crippen LogP contribution in [0.2, 0.25) is 0 Å². The highest BCUT2D eigenvalue weighted by molar-refractivity contribution is 5.75. The molecular formula is C16H20B. The minimum atomic E-state index is 0. The molecule has 0 saturated heterocycles. The standard InChI is InChI=1S/C15H16.CH4.B/c1-12(2)13-8-10-15(11-9-13)14-6-4-3-5-7-14;;/h3-12H,1-2H3;1H4;. The summed E-state index contributed by atoms with van der Waals surface area (Å²) < 4.78 is 0. The van der Waals surface area contributed by atoms with E-state index in [0.717, 1.165) is 0 Å². The summed E-state index contributed by atoms with van der Waals surface area (Å²) in [4.78, 5) is 0. The minimum Gasteiger partial charge on any atom is -0.0776 e. The van der Waals surface area contributed by atoms with Gasteiger partial charge in [-0.05, 0) is 22.6 Å². The Labute approximate surface area is 107 Å². The van der Waals surface area contributed by atoms with E-state index < -0.39 is 0 Å². The van der Waals surface area contributed by atoms with Crippen LogP contribution in [-0.2, 0) is 0 Å². The van der Waals surface area contributed by atoms with Crippen molar-refractivity contribution in [3.8, 4) is 11.1 Å². The summed E-state index contributed by atoms with van der Waals surface area (Å²) >= 11 is 0. The summed E-state index contributed by atoms with van der Waals surface area (Å²) in [7, 11) is 0. The Morgan fingerprint density at radius 1 is 0.706 bits per heavy atom. The fraction of sp³-hybridized carbons (Fsp3) is 0.250. The van der Waals surface area contributed by atoms with E-state index in [1.54, 1.807) is 0 Å². The van der Waals surface area contributed by atoms with Crippen molar-refractivity contribution in [2.75, 3.05) is 0 Å². The van der Waals surface area contributed by atoms with Crippen LogP contribution >= 0.6 is 0 Å². The smallest absolute Gasteiger partial charge is 0 e. The third kappa shape index (κ3) is 3.78. The largest absolute Gasteiger partial charge is 0.0776 e. The van der Waals surface area contributed by atoms with Gasteiger partial charge in [0.1, 0.15) is 0 Å². The Balaban J connectivity index is 0.00000128. The van der Waals surface area contributed by atoms with E-state index in [1.165, 1.54) is 16.7 Å². The molecule has 0 aliphatic rings. The number of benzene rings is 2. The molecule has 87 valence electrons. The molecule has 0 saturated carbocycles. The second-order valence-electron chi connectivity index (χ2n) is 4.14. The van der Waals surface area contributed by atoms with Gasteiger partial charge in [0, 0.05) is 8.41 Å². The Morgan fingerprint density at radius 3 is 1.65 bits per heavy atom. The highest BCUT2D eigenvalue weighted by Gasteiger charge is 1.99. The Kier molecular flexibility index (Phi) is 6.34. The van der Waals surface area contributed by atoms with Gasteiger partial charge in [-0.1, -0.05) is 75.9 Å². The van der Waals surface area contributed by atoms with E-state index >= 15 is 0 Å². The summed E-state index contributed by atoms with van der Waals surface area (Å²) in [5, 5.41) is 0. The van der Waals surface area contributed by atoms with Crippen LogP contribution < -0.4 is 0 Å². The van der Waals surface area contributed by atoms with Crippen molar-refractivity contribution in [3.63, 3.8) is 0 Å². The lowest BCUT2D eigenvalue weighted by atomic mass is 9.99. The van der Waals surface area contributed by atoms with Crippen molar-refractivity contribution in [1.29, 1.82) is 0 Å². The van der Waals surface area contributed by atoms with Crippen LogP contribution in [0.25, 0.3) is 11.1 Å². The molecule has 0 fully saturated rings. The number of rotatable bonds is 2. The molecule has 0 aliphatic carbocycles. The van der Waals surface area contributed by atoms with E-state index in [4.69, 9.17) is 0 Å². The van der Waals surface area contributed by atoms with Gasteiger partial charge in [0.05, 0.1) is 0 Å². The molecule has 2 aromatic rings. The first-order valence-electron chi connectivity index (χ1n) is 5.43. The summed E-state index contributed by atoms with van der Waals surface area (Å²) in [6.45, 7) is 4.44. The maximum Gasteiger partial charge on any atom is 0 e. The predicted molar refractivity (Wildman–Crippen MR) is 78.5 cm³/mol. The van der Waals surface area contributed by atoms with Crippen molar-refractivity contribution >= 4 is 8.41 Å². The maximum absolute atomic E-state index is 2.22. The SMILES string of the molecule is C.CC(C)c1ccc(-c2ccccc2)cc1.[B]. The van der Waals surface area contributed by atoms with Crippen LogP contribution in [0.4, 0.5) is 0 Å². The lowest BCUT2D eigenvalue weighted by Crippen LogP contribution is -1.86. The van der Waals surface area contributed by atoms with Gasteiger partial charge in [-0.15, -0.1) is 0 Å². The zero-order valence-electron chi connectivity index (χ0n) is 9.85. The quantitative estimate of drug-likeness (QED) is 0.645. The first-order chi connectivity index (χ1) is 7.27. The molecule has 0 heterocycles. The summed E-state index contributed by atoms with van der Waals surface area (Å²) in [6.07, 6.45) is 0. The molecule has 0 aliphatic heterocycles. The third-order valence-electron chi connectivity index (χ3n) is 2.68. The molecule has 0 spiro atoms. The van der Waals surface area contributed by atoms with E-state index in [9.17, 15) is 0 Å². The van der Waals surface area contributed by atoms with Gasteiger partial charge in [-0.3, -0.25) is 0 Å². The Morgan fingerprint density at radius 2 is 1.18 bits per heavy atom. The molecule has 0 nitrogen and oxygen atoms in total. The van der Waals surface area contributed by atoms with E-state index in [-0.39, 0.29) is 15.8 Å². The summed E-state index contributed by atoms with van der Waals surface area (Å²) in [5.41, 5.74) is 3.97. The lowest BCUT2D eigenvalue weighted by molar-refractivity contribution is 0.867. The minimum absolute atomic E-state index is 0. The molecule has 3 radical (unpaired) electrons. The predicted octanol–water partition coefficient (Wildman–Crippen LogP) is 4.73. The zero-order valence-corrected chi connectivity index (χ0v) is 9.85. The van der Waals surface area contributed by atoms with Gasteiger partial charge in [-0.2, -0.15) is 0 Å². The first kappa shape index (κ1) is 15.5. The van der Waals surface area contributed by atoms with Crippen molar-refractivity contribution in [2.45, 2.75) is 27.2 Å². The highest BCUT2D eigenvalue weighted by Crippen LogP contribution is 2.22. The summed E-state index contributed by atoms with van der Waals surface area (Å²) in [6, 6.07) is 19.3. The van der Waals surface area contributed by atoms with Crippen molar-refractivity contribution < 1.29 is 0 Å². The Hall–Kier alpha value is -1.50. The average molecular weight is 223 g/mol. The second-order valence-corrected chi connectivity index (χ2v) is 4.14. The van der Waals surface area contributed by atoms with Crippen LogP contribution in [-0.4, -0.2) is 8.41 Å². The van der Waals surface area contributed by atoms with Gasteiger partial charge < -0.3 is 0 Å². The monoisotopic (exact) mass is 223 g/mol. The zero-order chi connectivity index (χ0) is 10.7. The molecule has 17 heavy (non-hydrogen) atoms. The molecular weight excluding hydrogens is 203 g/mol. The highest BCUT2D eigenvalue weighted by atomic mass is 14.0. The molecule has 0 amide bonds. The van der Waals surface area contributed by atoms with Gasteiger partial charge in [0.2, 0.25) is 0 Å². The number of hydrogen-bond acceptors (Lipinski definition) is 0. The van der Waals surface area contributed by atoms with Gasteiger partial charge in [0.15, 0.2) is 0 Å². The van der Waals surface area contributed by atoms with Crippen LogP contribution in [0.5, 0.6) is 0 Å². The van der Waals surface area contributed by atoms with Crippen LogP contribution in [0.3, 0.4) is 0 Å².